The number of halogens is 1. The highest BCUT2D eigenvalue weighted by Crippen LogP contribution is 2.35. The van der Waals surface area contributed by atoms with Crippen LogP contribution in [0.5, 0.6) is 0 Å². The molecule has 1 aliphatic heterocycles. The van der Waals surface area contributed by atoms with Crippen LogP contribution in [0.2, 0.25) is 0 Å². The van der Waals surface area contributed by atoms with Crippen molar-refractivity contribution in [2.75, 3.05) is 11.9 Å². The van der Waals surface area contributed by atoms with E-state index in [-0.39, 0.29) is 6.09 Å². The van der Waals surface area contributed by atoms with Gasteiger partial charge in [-0.2, -0.15) is 0 Å². The Morgan fingerprint density at radius 2 is 1.86 bits per heavy atom. The second kappa shape index (κ2) is 5.37. The highest BCUT2D eigenvalue weighted by Gasteiger charge is 2.26. The van der Waals surface area contributed by atoms with Crippen molar-refractivity contribution in [1.29, 1.82) is 0 Å². The number of carbonyl (C=O) groups is 1. The van der Waals surface area contributed by atoms with Crippen LogP contribution in [0.15, 0.2) is 46.9 Å². The summed E-state index contributed by atoms with van der Waals surface area (Å²) in [5, 5.41) is 0. The van der Waals surface area contributed by atoms with Gasteiger partial charge in [0, 0.05) is 17.1 Å². The van der Waals surface area contributed by atoms with Crippen molar-refractivity contribution in [3.63, 3.8) is 0 Å². The average Bonchev–Trinajstić information content (AvgIpc) is 2.47. The van der Waals surface area contributed by atoms with Gasteiger partial charge >= 0.3 is 6.09 Å². The molecule has 21 heavy (non-hydrogen) atoms. The van der Waals surface area contributed by atoms with Gasteiger partial charge in [0.25, 0.3) is 0 Å². The third kappa shape index (κ3) is 2.72. The lowest BCUT2D eigenvalue weighted by Crippen LogP contribution is -2.31. The maximum atomic E-state index is 12.0. The minimum atomic E-state index is -0.366. The fraction of sp³-hybridized carbons (Fsp3) is 0.118. The van der Waals surface area contributed by atoms with Gasteiger partial charge in [0.1, 0.15) is 5.76 Å². The number of ether oxygens (including phenoxy) is 1. The Balaban J connectivity index is 2.11. The first-order valence-electron chi connectivity index (χ1n) is 6.58. The molecule has 0 aromatic heterocycles. The Labute approximate surface area is 132 Å². The summed E-state index contributed by atoms with van der Waals surface area (Å²) in [5.41, 5.74) is 3.90. The van der Waals surface area contributed by atoms with E-state index < -0.39 is 0 Å². The van der Waals surface area contributed by atoms with Crippen molar-refractivity contribution in [2.24, 2.45) is 0 Å². The molecule has 2 aromatic rings. The molecular weight excluding hydrogens is 330 g/mol. The molecule has 0 spiro atoms. The van der Waals surface area contributed by atoms with Crippen molar-refractivity contribution in [1.82, 2.24) is 0 Å². The second-order valence-corrected chi connectivity index (χ2v) is 5.92. The van der Waals surface area contributed by atoms with Gasteiger partial charge in [0.2, 0.25) is 0 Å². The summed E-state index contributed by atoms with van der Waals surface area (Å²) in [5.74, 6) is 0.583. The normalized spacial score (nSPS) is 15.9. The van der Waals surface area contributed by atoms with Crippen molar-refractivity contribution in [2.45, 2.75) is 6.92 Å². The Morgan fingerprint density at radius 3 is 2.57 bits per heavy atom. The molecule has 1 aliphatic rings. The van der Waals surface area contributed by atoms with Gasteiger partial charge in [-0.15, -0.1) is 0 Å². The number of hydrogen-bond donors (Lipinski definition) is 0. The topological polar surface area (TPSA) is 29.5 Å². The molecule has 0 N–H and O–H groups in total. The van der Waals surface area contributed by atoms with Crippen LogP contribution in [0, 0.1) is 6.92 Å². The van der Waals surface area contributed by atoms with Gasteiger partial charge in [0.15, 0.2) is 0 Å². The van der Waals surface area contributed by atoms with Crippen molar-refractivity contribution in [3.8, 4) is 0 Å². The first-order chi connectivity index (χ1) is 10.0. The maximum absolute atomic E-state index is 12.0. The van der Waals surface area contributed by atoms with Gasteiger partial charge < -0.3 is 4.74 Å². The third-order valence-electron chi connectivity index (χ3n) is 3.42. The standard InChI is InChI=1S/C17H14BrNO2/c1-11-3-8-15-14(9-11)16(21-17(20)19(15)2)10-12-4-6-13(18)7-5-12/h3-10H,1-2H3/b16-10-. The summed E-state index contributed by atoms with van der Waals surface area (Å²) >= 11 is 3.41. The van der Waals surface area contributed by atoms with Crippen LogP contribution in [0.3, 0.4) is 0 Å². The zero-order chi connectivity index (χ0) is 15.0. The van der Waals surface area contributed by atoms with Crippen LogP contribution >= 0.6 is 15.9 Å². The number of fused-ring (bicyclic) bond motifs is 1. The summed E-state index contributed by atoms with van der Waals surface area (Å²) in [6, 6.07) is 13.8. The number of aryl methyl sites for hydroxylation is 1. The Hall–Kier alpha value is -2.07. The molecule has 3 rings (SSSR count). The highest BCUT2D eigenvalue weighted by molar-refractivity contribution is 9.10. The van der Waals surface area contributed by atoms with Crippen LogP contribution in [0.1, 0.15) is 16.7 Å². The fourth-order valence-corrected chi connectivity index (χ4v) is 2.54. The number of benzene rings is 2. The van der Waals surface area contributed by atoms with E-state index in [4.69, 9.17) is 4.74 Å². The number of hydrogen-bond acceptors (Lipinski definition) is 2. The van der Waals surface area contributed by atoms with Gasteiger partial charge in [-0.05, 0) is 42.8 Å². The van der Waals surface area contributed by atoms with Crippen LogP contribution in [-0.4, -0.2) is 13.1 Å². The maximum Gasteiger partial charge on any atom is 0.419 e. The number of amides is 1. The van der Waals surface area contributed by atoms with Crippen molar-refractivity contribution in [3.05, 3.63) is 63.6 Å². The Bertz CT molecular complexity index is 735. The molecule has 2 aromatic carbocycles. The minimum Gasteiger partial charge on any atom is -0.409 e. The quantitative estimate of drug-likeness (QED) is 0.741. The van der Waals surface area contributed by atoms with E-state index in [0.717, 1.165) is 26.9 Å². The number of cyclic esters (lactones) is 1. The molecule has 0 aliphatic carbocycles. The molecule has 0 atom stereocenters. The van der Waals surface area contributed by atoms with Crippen molar-refractivity contribution >= 4 is 39.5 Å². The molecular formula is C17H14BrNO2. The van der Waals surface area contributed by atoms with E-state index in [0.29, 0.717) is 5.76 Å². The molecule has 0 fully saturated rings. The van der Waals surface area contributed by atoms with Gasteiger partial charge in [-0.3, -0.25) is 4.90 Å². The second-order valence-electron chi connectivity index (χ2n) is 5.01. The predicted molar refractivity (Wildman–Crippen MR) is 88.1 cm³/mol. The molecule has 0 unspecified atom stereocenters. The molecule has 0 radical (unpaired) electrons. The average molecular weight is 344 g/mol. The number of anilines is 1. The van der Waals surface area contributed by atoms with E-state index in [1.54, 1.807) is 7.05 Å². The zero-order valence-corrected chi connectivity index (χ0v) is 13.3. The molecule has 0 saturated heterocycles. The van der Waals surface area contributed by atoms with E-state index >= 15 is 0 Å². The fourth-order valence-electron chi connectivity index (χ4n) is 2.27. The first kappa shape index (κ1) is 13.9. The van der Waals surface area contributed by atoms with Crippen LogP contribution in [0.25, 0.3) is 11.8 Å². The van der Waals surface area contributed by atoms with E-state index in [2.05, 4.69) is 15.9 Å². The van der Waals surface area contributed by atoms with E-state index in [9.17, 15) is 4.79 Å². The molecule has 0 bridgehead atoms. The highest BCUT2D eigenvalue weighted by atomic mass is 79.9. The van der Waals surface area contributed by atoms with Crippen LogP contribution < -0.4 is 4.90 Å². The Kier molecular flexibility index (Phi) is 3.55. The smallest absolute Gasteiger partial charge is 0.409 e. The SMILES string of the molecule is Cc1ccc2c(c1)/C(=C/c1ccc(Br)cc1)OC(=O)N2C. The predicted octanol–water partition coefficient (Wildman–Crippen LogP) is 4.84. The first-order valence-corrected chi connectivity index (χ1v) is 7.38. The number of nitrogens with zero attached hydrogens (tertiary/aromatic N) is 1. The minimum absolute atomic E-state index is 0.366. The molecule has 3 nitrogen and oxygen atoms in total. The van der Waals surface area contributed by atoms with E-state index in [1.165, 1.54) is 4.90 Å². The van der Waals surface area contributed by atoms with Crippen molar-refractivity contribution < 1.29 is 9.53 Å². The van der Waals surface area contributed by atoms with Crippen LogP contribution in [-0.2, 0) is 4.74 Å². The van der Waals surface area contributed by atoms with Crippen LogP contribution in [0.4, 0.5) is 10.5 Å². The van der Waals surface area contributed by atoms with E-state index in [1.807, 2.05) is 55.5 Å². The molecule has 1 heterocycles. The monoisotopic (exact) mass is 343 g/mol. The zero-order valence-electron chi connectivity index (χ0n) is 11.8. The summed E-state index contributed by atoms with van der Waals surface area (Å²) in [7, 11) is 1.72. The van der Waals surface area contributed by atoms with Gasteiger partial charge in [0.05, 0.1) is 5.69 Å². The summed E-state index contributed by atoms with van der Waals surface area (Å²) < 4.78 is 6.47. The summed E-state index contributed by atoms with van der Waals surface area (Å²) in [6.45, 7) is 2.02. The van der Waals surface area contributed by atoms with Gasteiger partial charge in [-0.1, -0.05) is 39.7 Å². The number of rotatable bonds is 1. The third-order valence-corrected chi connectivity index (χ3v) is 3.95. The lowest BCUT2D eigenvalue weighted by Gasteiger charge is -2.27. The lowest BCUT2D eigenvalue weighted by atomic mass is 10.0. The summed E-state index contributed by atoms with van der Waals surface area (Å²) in [4.78, 5) is 13.5. The molecule has 1 amide bonds. The summed E-state index contributed by atoms with van der Waals surface area (Å²) in [6.07, 6.45) is 1.52. The molecule has 4 heteroatoms. The largest absolute Gasteiger partial charge is 0.419 e. The van der Waals surface area contributed by atoms with Gasteiger partial charge in [-0.25, -0.2) is 4.79 Å². The molecule has 0 saturated carbocycles. The lowest BCUT2D eigenvalue weighted by molar-refractivity contribution is 0.199. The Morgan fingerprint density at radius 1 is 1.14 bits per heavy atom. The molecule has 106 valence electrons. The number of carbonyl (C=O) groups excluding carboxylic acids is 1.